The summed E-state index contributed by atoms with van der Waals surface area (Å²) in [6.45, 7) is 3.48. The van der Waals surface area contributed by atoms with Gasteiger partial charge in [0.25, 0.3) is 5.91 Å². The van der Waals surface area contributed by atoms with Crippen LogP contribution in [0.1, 0.15) is 24.4 Å². The summed E-state index contributed by atoms with van der Waals surface area (Å²) in [4.78, 5) is 23.5. The Morgan fingerprint density at radius 2 is 2.23 bits per heavy atom. The lowest BCUT2D eigenvalue weighted by Crippen LogP contribution is -2.35. The quantitative estimate of drug-likeness (QED) is 0.236. The maximum absolute atomic E-state index is 14.7. The van der Waals surface area contributed by atoms with Crippen molar-refractivity contribution < 1.29 is 24.1 Å². The van der Waals surface area contributed by atoms with Gasteiger partial charge in [-0.2, -0.15) is 4.98 Å². The molecule has 0 aliphatic carbocycles. The van der Waals surface area contributed by atoms with Crippen molar-refractivity contribution in [2.24, 2.45) is 5.73 Å². The number of halogens is 2. The van der Waals surface area contributed by atoms with Crippen LogP contribution >= 0.6 is 33.9 Å². The molecular formula is C20H22FIN5O3S+. The summed E-state index contributed by atoms with van der Waals surface area (Å²) in [7, 11) is 0. The Balaban J connectivity index is 2.21. The molecule has 31 heavy (non-hydrogen) atoms. The Labute approximate surface area is 196 Å². The highest BCUT2D eigenvalue weighted by Crippen LogP contribution is 2.39. The molecule has 164 valence electrons. The highest BCUT2D eigenvalue weighted by molar-refractivity contribution is 14.1. The summed E-state index contributed by atoms with van der Waals surface area (Å²) in [6, 6.07) is 4.75. The SMILES string of the molecule is CC(C)=CN1C(Nc2ccc(I)cc2F)=C(C(=O)NOCCO)c2sc[nH+]c2/C1=C/N. The predicted molar refractivity (Wildman–Crippen MR) is 125 cm³/mol. The molecule has 3 rings (SSSR count). The number of anilines is 1. The molecule has 0 fully saturated rings. The number of allylic oxidation sites excluding steroid dienone is 1. The van der Waals surface area contributed by atoms with Gasteiger partial charge in [-0.1, -0.05) is 16.9 Å². The van der Waals surface area contributed by atoms with Gasteiger partial charge < -0.3 is 16.2 Å². The third-order valence-corrected chi connectivity index (χ3v) is 5.69. The molecule has 8 nitrogen and oxygen atoms in total. The molecule has 0 bridgehead atoms. The molecule has 0 saturated heterocycles. The van der Waals surface area contributed by atoms with Crippen molar-refractivity contribution in [3.05, 3.63) is 67.5 Å². The van der Waals surface area contributed by atoms with E-state index in [1.807, 2.05) is 36.4 Å². The number of H-pyrrole nitrogens is 1. The van der Waals surface area contributed by atoms with Gasteiger partial charge in [-0.25, -0.2) is 9.87 Å². The normalized spacial score (nSPS) is 14.5. The summed E-state index contributed by atoms with van der Waals surface area (Å²) >= 11 is 3.33. The third kappa shape index (κ3) is 5.06. The summed E-state index contributed by atoms with van der Waals surface area (Å²) < 4.78 is 15.4. The molecule has 2 aromatic rings. The number of nitrogens with zero attached hydrogens (tertiary/aromatic N) is 1. The van der Waals surface area contributed by atoms with Gasteiger partial charge in [-0.3, -0.25) is 14.5 Å². The lowest BCUT2D eigenvalue weighted by atomic mass is 10.0. The van der Waals surface area contributed by atoms with Crippen molar-refractivity contribution in [1.29, 1.82) is 0 Å². The molecule has 0 saturated carbocycles. The molecule has 1 amide bonds. The average molecular weight is 558 g/mol. The molecule has 6 N–H and O–H groups in total. The molecule has 0 spiro atoms. The van der Waals surface area contributed by atoms with Crippen LogP contribution in [0.4, 0.5) is 10.1 Å². The minimum Gasteiger partial charge on any atom is -0.403 e. The first kappa shape index (κ1) is 23.2. The Hall–Kier alpha value is -2.48. The van der Waals surface area contributed by atoms with Crippen molar-refractivity contribution in [1.82, 2.24) is 10.4 Å². The number of nitrogens with two attached hydrogens (primary N) is 1. The molecule has 1 aliphatic heterocycles. The van der Waals surface area contributed by atoms with Crippen LogP contribution in [-0.2, 0) is 9.63 Å². The van der Waals surface area contributed by atoms with E-state index in [1.54, 1.807) is 28.7 Å². The van der Waals surface area contributed by atoms with E-state index in [2.05, 4.69) is 15.8 Å². The number of hydroxylamine groups is 1. The molecule has 1 aliphatic rings. The third-order valence-electron chi connectivity index (χ3n) is 4.14. The zero-order valence-electron chi connectivity index (χ0n) is 16.8. The first-order valence-corrected chi connectivity index (χ1v) is 11.2. The standard InChI is InChI=1S/C20H21FIN5O3S/c1-11(2)9-27-15(8-23)17-18(31-10-24-17)16(20(29)26-30-6-5-28)19(27)25-14-4-3-12(22)7-13(14)21/h3-4,7-10,25,28H,5-6,23H2,1-2H3,(H,26,29)/p+1/b15-8-. The van der Waals surface area contributed by atoms with Crippen LogP contribution in [0.5, 0.6) is 0 Å². The number of aliphatic hydroxyl groups excluding tert-OH is 1. The highest BCUT2D eigenvalue weighted by Gasteiger charge is 2.38. The van der Waals surface area contributed by atoms with E-state index in [0.717, 1.165) is 9.14 Å². The van der Waals surface area contributed by atoms with E-state index in [0.29, 0.717) is 22.1 Å². The number of rotatable bonds is 7. The number of thiazole rings is 1. The van der Waals surface area contributed by atoms with Crippen molar-refractivity contribution in [3.8, 4) is 0 Å². The number of hydrogen-bond acceptors (Lipinski definition) is 7. The smallest absolute Gasteiger partial charge is 0.280 e. The van der Waals surface area contributed by atoms with E-state index >= 15 is 0 Å². The van der Waals surface area contributed by atoms with Crippen molar-refractivity contribution in [2.45, 2.75) is 13.8 Å². The molecule has 11 heteroatoms. The number of nitrogens with one attached hydrogen (secondary N) is 3. The Morgan fingerprint density at radius 3 is 2.87 bits per heavy atom. The number of carbonyl (C=O) groups excluding carboxylic acids is 1. The Morgan fingerprint density at radius 1 is 1.45 bits per heavy atom. The second kappa shape index (κ2) is 10.2. The number of benzene rings is 1. The van der Waals surface area contributed by atoms with Crippen LogP contribution in [0.2, 0.25) is 0 Å². The lowest BCUT2D eigenvalue weighted by Gasteiger charge is -2.31. The number of hydrogen-bond donors (Lipinski definition) is 4. The number of carbonyl (C=O) groups is 1. The van der Waals surface area contributed by atoms with E-state index in [1.165, 1.54) is 23.6 Å². The van der Waals surface area contributed by atoms with Crippen molar-refractivity contribution in [2.75, 3.05) is 18.5 Å². The van der Waals surface area contributed by atoms with Gasteiger partial charge in [0.1, 0.15) is 27.8 Å². The average Bonchev–Trinajstić information content (AvgIpc) is 3.19. The van der Waals surface area contributed by atoms with Gasteiger partial charge in [0.05, 0.1) is 18.9 Å². The number of aliphatic hydroxyl groups is 1. The molecule has 0 atom stereocenters. The van der Waals surface area contributed by atoms with E-state index in [-0.39, 0.29) is 24.5 Å². The van der Waals surface area contributed by atoms with Gasteiger partial charge in [0, 0.05) is 16.0 Å². The second-order valence-corrected chi connectivity index (χ2v) is 8.81. The molecular weight excluding hydrogens is 536 g/mol. The van der Waals surface area contributed by atoms with Gasteiger partial charge >= 0.3 is 0 Å². The van der Waals surface area contributed by atoms with Crippen LogP contribution in [-0.4, -0.2) is 29.1 Å². The van der Waals surface area contributed by atoms with Crippen LogP contribution in [0.3, 0.4) is 0 Å². The van der Waals surface area contributed by atoms with Crippen LogP contribution in [0.25, 0.3) is 11.3 Å². The fraction of sp³-hybridized carbons (Fsp3) is 0.200. The van der Waals surface area contributed by atoms with E-state index in [4.69, 9.17) is 15.7 Å². The largest absolute Gasteiger partial charge is 0.403 e. The monoisotopic (exact) mass is 558 g/mol. The number of aromatic amines is 1. The molecule has 2 heterocycles. The van der Waals surface area contributed by atoms with E-state index < -0.39 is 11.7 Å². The summed E-state index contributed by atoms with van der Waals surface area (Å²) in [5.74, 6) is -0.705. The zero-order valence-corrected chi connectivity index (χ0v) is 19.8. The molecule has 1 aromatic heterocycles. The topological polar surface area (TPSA) is 114 Å². The minimum atomic E-state index is -0.554. The molecule has 0 unspecified atom stereocenters. The van der Waals surface area contributed by atoms with Crippen molar-refractivity contribution >= 4 is 56.8 Å². The minimum absolute atomic E-state index is 0.0669. The van der Waals surface area contributed by atoms with Crippen molar-refractivity contribution in [3.63, 3.8) is 0 Å². The molecule has 0 radical (unpaired) electrons. The summed E-state index contributed by atoms with van der Waals surface area (Å²) in [5.41, 5.74) is 12.6. The summed E-state index contributed by atoms with van der Waals surface area (Å²) in [5, 5.41) is 12.0. The summed E-state index contributed by atoms with van der Waals surface area (Å²) in [6.07, 6.45) is 3.21. The number of fused-ring (bicyclic) bond motifs is 1. The zero-order chi connectivity index (χ0) is 22.5. The van der Waals surface area contributed by atoms with Crippen LogP contribution in [0.15, 0.2) is 47.5 Å². The first-order valence-electron chi connectivity index (χ1n) is 9.22. The van der Waals surface area contributed by atoms with Gasteiger partial charge in [-0.05, 0) is 54.6 Å². The fourth-order valence-corrected chi connectivity index (χ4v) is 4.27. The fourth-order valence-electron chi connectivity index (χ4n) is 2.94. The Bertz CT molecular complexity index is 1080. The van der Waals surface area contributed by atoms with Gasteiger partial charge in [0.2, 0.25) is 11.2 Å². The van der Waals surface area contributed by atoms with E-state index in [9.17, 15) is 9.18 Å². The highest BCUT2D eigenvalue weighted by atomic mass is 127. The van der Waals surface area contributed by atoms with Gasteiger partial charge in [0.15, 0.2) is 0 Å². The maximum atomic E-state index is 14.7. The molecule has 1 aromatic carbocycles. The number of aromatic nitrogens is 1. The number of amides is 1. The first-order chi connectivity index (χ1) is 14.9. The Kier molecular flexibility index (Phi) is 7.64. The lowest BCUT2D eigenvalue weighted by molar-refractivity contribution is -0.375. The van der Waals surface area contributed by atoms with Gasteiger partial charge in [-0.15, -0.1) is 0 Å². The van der Waals surface area contributed by atoms with Crippen LogP contribution < -0.4 is 21.5 Å². The van der Waals surface area contributed by atoms with Crippen LogP contribution in [0, 0.1) is 9.39 Å². The second-order valence-electron chi connectivity index (χ2n) is 6.69. The predicted octanol–water partition coefficient (Wildman–Crippen LogP) is 2.62. The maximum Gasteiger partial charge on any atom is 0.280 e.